The molecule has 1 amide bonds. The van der Waals surface area contributed by atoms with Crippen LogP contribution in [0.15, 0.2) is 48.7 Å². The highest BCUT2D eigenvalue weighted by Gasteiger charge is 2.34. The average molecular weight is 464 g/mol. The number of hydrogen-bond acceptors (Lipinski definition) is 6. The molecule has 1 fully saturated rings. The van der Waals surface area contributed by atoms with Crippen molar-refractivity contribution < 1.29 is 19.4 Å². The van der Waals surface area contributed by atoms with E-state index in [0.717, 1.165) is 26.4 Å². The summed E-state index contributed by atoms with van der Waals surface area (Å²) in [5, 5.41) is 12.5. The van der Waals surface area contributed by atoms with E-state index in [1.54, 1.807) is 19.2 Å². The summed E-state index contributed by atoms with van der Waals surface area (Å²) in [6.07, 6.45) is 3.72. The monoisotopic (exact) mass is 463 g/mol. The number of aliphatic hydroxyl groups excluding tert-OH is 1. The van der Waals surface area contributed by atoms with E-state index in [9.17, 15) is 14.7 Å². The fourth-order valence-corrected chi connectivity index (χ4v) is 5.44. The van der Waals surface area contributed by atoms with Gasteiger partial charge in [-0.25, -0.2) is 4.98 Å². The second-order valence-electron chi connectivity index (χ2n) is 8.59. The average Bonchev–Trinajstić information content (AvgIpc) is 3.42. The Labute approximate surface area is 195 Å². The van der Waals surface area contributed by atoms with Crippen molar-refractivity contribution in [1.29, 1.82) is 0 Å². The van der Waals surface area contributed by atoms with Crippen molar-refractivity contribution in [3.05, 3.63) is 59.8 Å². The highest BCUT2D eigenvalue weighted by atomic mass is 32.1. The maximum absolute atomic E-state index is 13.0. The number of carbonyl (C=O) groups excluding carboxylic acids is 2. The molecule has 0 atom stereocenters. The number of nitrogens with zero attached hydrogens (tertiary/aromatic N) is 2. The number of Topliss-reactive ketones (excluding diaryl/α,β-unsaturated/α-hetero) is 1. The predicted molar refractivity (Wildman–Crippen MR) is 128 cm³/mol. The number of nitrogens with one attached hydrogen (secondary N) is 1. The van der Waals surface area contributed by atoms with E-state index in [0.29, 0.717) is 43.6 Å². The topological polar surface area (TPSA) is 92.9 Å². The molecule has 0 radical (unpaired) electrons. The molecule has 4 aromatic rings. The summed E-state index contributed by atoms with van der Waals surface area (Å²) in [4.78, 5) is 30.4. The molecule has 8 heteroatoms. The molecule has 0 unspecified atom stereocenters. The first-order valence-corrected chi connectivity index (χ1v) is 11.8. The predicted octanol–water partition coefficient (Wildman–Crippen LogP) is 3.94. The van der Waals surface area contributed by atoms with Crippen LogP contribution in [-0.2, 0) is 4.74 Å². The zero-order chi connectivity index (χ0) is 23.0. The van der Waals surface area contributed by atoms with Crippen LogP contribution in [-0.4, -0.2) is 53.0 Å². The van der Waals surface area contributed by atoms with Crippen LogP contribution in [0.4, 0.5) is 0 Å². The third-order valence-electron chi connectivity index (χ3n) is 6.51. The normalized spacial score (nSPS) is 15.7. The molecule has 7 nitrogen and oxygen atoms in total. The number of benzene rings is 2. The van der Waals surface area contributed by atoms with Crippen LogP contribution in [0.3, 0.4) is 0 Å². The summed E-state index contributed by atoms with van der Waals surface area (Å²) in [5.41, 5.74) is 3.65. The lowest BCUT2D eigenvalue weighted by molar-refractivity contribution is -0.0173. The molecule has 0 spiro atoms. The van der Waals surface area contributed by atoms with Crippen molar-refractivity contribution in [2.24, 2.45) is 5.41 Å². The molecule has 1 aliphatic heterocycles. The highest BCUT2D eigenvalue weighted by Crippen LogP contribution is 2.36. The number of aliphatic hydroxyl groups is 1. The molecule has 170 valence electrons. The lowest BCUT2D eigenvalue weighted by atomic mass is 9.76. The maximum atomic E-state index is 13.0. The van der Waals surface area contributed by atoms with Crippen LogP contribution >= 0.6 is 11.3 Å². The zero-order valence-corrected chi connectivity index (χ0v) is 19.2. The number of rotatable bonds is 6. The largest absolute Gasteiger partial charge is 0.396 e. The minimum Gasteiger partial charge on any atom is -0.396 e. The Kier molecular flexibility index (Phi) is 5.74. The summed E-state index contributed by atoms with van der Waals surface area (Å²) in [7, 11) is 1.61. The van der Waals surface area contributed by atoms with E-state index >= 15 is 0 Å². The van der Waals surface area contributed by atoms with E-state index in [1.165, 1.54) is 11.3 Å². The smallest absolute Gasteiger partial charge is 0.251 e. The maximum Gasteiger partial charge on any atom is 0.251 e. The van der Waals surface area contributed by atoms with Crippen molar-refractivity contribution in [1.82, 2.24) is 14.7 Å². The number of imidazole rings is 1. The second kappa shape index (κ2) is 8.70. The molecule has 1 aliphatic rings. The van der Waals surface area contributed by atoms with Gasteiger partial charge in [0.05, 0.1) is 15.9 Å². The van der Waals surface area contributed by atoms with E-state index in [-0.39, 0.29) is 23.7 Å². The fourth-order valence-electron chi connectivity index (χ4n) is 4.39. The first kappa shape index (κ1) is 21.8. The molecule has 2 aromatic heterocycles. The summed E-state index contributed by atoms with van der Waals surface area (Å²) < 4.78 is 8.44. The number of hydrogen-bond donors (Lipinski definition) is 2. The number of carbonyl (C=O) groups is 2. The minimum atomic E-state index is -0.378. The Bertz CT molecular complexity index is 1330. The van der Waals surface area contributed by atoms with E-state index in [1.807, 2.05) is 40.9 Å². The number of aromatic nitrogens is 2. The van der Waals surface area contributed by atoms with Crippen molar-refractivity contribution in [2.45, 2.75) is 19.3 Å². The highest BCUT2D eigenvalue weighted by molar-refractivity contribution is 7.23. The van der Waals surface area contributed by atoms with Gasteiger partial charge >= 0.3 is 0 Å². The zero-order valence-electron chi connectivity index (χ0n) is 18.3. The first-order chi connectivity index (χ1) is 16.0. The lowest BCUT2D eigenvalue weighted by Gasteiger charge is -2.34. The van der Waals surface area contributed by atoms with Crippen LogP contribution in [0.25, 0.3) is 26.4 Å². The first-order valence-electron chi connectivity index (χ1n) is 11.0. The molecule has 2 N–H and O–H groups in total. The van der Waals surface area contributed by atoms with Gasteiger partial charge in [-0.3, -0.25) is 14.0 Å². The van der Waals surface area contributed by atoms with Gasteiger partial charge in [-0.1, -0.05) is 23.5 Å². The van der Waals surface area contributed by atoms with Crippen LogP contribution < -0.4 is 5.32 Å². The van der Waals surface area contributed by atoms with Gasteiger partial charge in [0.15, 0.2) is 10.7 Å². The molecule has 3 heterocycles. The SMILES string of the molecule is CNC(=O)c1ccc(-c2cn3c(n2)sc2cc(C(=O)CC4(CO)CCOCC4)ccc23)cc1. The number of thiazole rings is 1. The van der Waals surface area contributed by atoms with Gasteiger partial charge in [-0.05, 0) is 43.2 Å². The van der Waals surface area contributed by atoms with Crippen molar-refractivity contribution >= 4 is 38.2 Å². The van der Waals surface area contributed by atoms with Crippen LogP contribution in [0.5, 0.6) is 0 Å². The Balaban J connectivity index is 1.41. The van der Waals surface area contributed by atoms with Crippen LogP contribution in [0.1, 0.15) is 40.0 Å². The van der Waals surface area contributed by atoms with E-state index in [2.05, 4.69) is 5.32 Å². The number of amides is 1. The van der Waals surface area contributed by atoms with Gasteiger partial charge in [0.1, 0.15) is 0 Å². The Morgan fingerprint density at radius 3 is 2.58 bits per heavy atom. The number of ketones is 1. The van der Waals surface area contributed by atoms with Gasteiger partial charge in [0, 0.05) is 61.6 Å². The molecular formula is C25H25N3O4S. The van der Waals surface area contributed by atoms with Gasteiger partial charge in [-0.15, -0.1) is 0 Å². The fraction of sp³-hybridized carbons (Fsp3) is 0.320. The summed E-state index contributed by atoms with van der Waals surface area (Å²) in [5.74, 6) is -0.0683. The summed E-state index contributed by atoms with van der Waals surface area (Å²) in [6.45, 7) is 1.18. The molecule has 1 saturated heterocycles. The molecule has 33 heavy (non-hydrogen) atoms. The number of fused-ring (bicyclic) bond motifs is 3. The third-order valence-corrected chi connectivity index (χ3v) is 7.53. The Morgan fingerprint density at radius 2 is 1.88 bits per heavy atom. The molecule has 0 aliphatic carbocycles. The Morgan fingerprint density at radius 1 is 1.15 bits per heavy atom. The molecule has 0 bridgehead atoms. The third kappa shape index (κ3) is 4.06. The standard InChI is InChI=1S/C25H25N3O4S/c1-26-23(31)17-4-2-16(3-5-17)19-14-28-20-7-6-18(12-22(20)33-24(28)27-19)21(30)13-25(15-29)8-10-32-11-9-25/h2-7,12,14,29H,8-11,13,15H2,1H3,(H,26,31). The van der Waals surface area contributed by atoms with Crippen molar-refractivity contribution in [3.63, 3.8) is 0 Å². The lowest BCUT2D eigenvalue weighted by Crippen LogP contribution is -2.35. The second-order valence-corrected chi connectivity index (χ2v) is 9.60. The van der Waals surface area contributed by atoms with Crippen molar-refractivity contribution in [3.8, 4) is 11.3 Å². The number of ether oxygens (including phenoxy) is 1. The summed E-state index contributed by atoms with van der Waals surface area (Å²) in [6, 6.07) is 13.1. The van der Waals surface area contributed by atoms with E-state index < -0.39 is 0 Å². The quantitative estimate of drug-likeness (QED) is 0.423. The van der Waals surface area contributed by atoms with Gasteiger partial charge < -0.3 is 15.2 Å². The minimum absolute atomic E-state index is 0.00401. The molecule has 5 rings (SSSR count). The van der Waals surface area contributed by atoms with Gasteiger partial charge in [0.2, 0.25) is 0 Å². The van der Waals surface area contributed by atoms with Crippen LogP contribution in [0.2, 0.25) is 0 Å². The van der Waals surface area contributed by atoms with Crippen molar-refractivity contribution in [2.75, 3.05) is 26.9 Å². The molecular weight excluding hydrogens is 438 g/mol. The molecule has 2 aromatic carbocycles. The summed E-state index contributed by atoms with van der Waals surface area (Å²) >= 11 is 1.54. The Hall–Kier alpha value is -3.07. The molecule has 0 saturated carbocycles. The van der Waals surface area contributed by atoms with Gasteiger partial charge in [0.25, 0.3) is 5.91 Å². The van der Waals surface area contributed by atoms with E-state index in [4.69, 9.17) is 9.72 Å². The van der Waals surface area contributed by atoms with Gasteiger partial charge in [-0.2, -0.15) is 0 Å². The van der Waals surface area contributed by atoms with Crippen LogP contribution in [0, 0.1) is 5.41 Å².